The summed E-state index contributed by atoms with van der Waals surface area (Å²) in [6.07, 6.45) is 0.587. The molecule has 3 aromatic rings. The van der Waals surface area contributed by atoms with Crippen molar-refractivity contribution >= 4 is 28.9 Å². The zero-order valence-corrected chi connectivity index (χ0v) is 18.0. The van der Waals surface area contributed by atoms with Crippen molar-refractivity contribution in [3.63, 3.8) is 0 Å². The number of methoxy groups -OCH3 is 1. The number of ether oxygens (including phenoxy) is 1. The molecule has 0 radical (unpaired) electrons. The monoisotopic (exact) mass is 449 g/mol. The molecule has 0 bridgehead atoms. The number of halogens is 1. The minimum atomic E-state index is -0.642. The zero-order valence-electron chi connectivity index (χ0n) is 17.3. The molecular weight excluding hydrogens is 430 g/mol. The maximum Gasteiger partial charge on any atom is 0.329 e. The normalized spacial score (nSPS) is 16.4. The quantitative estimate of drug-likeness (QED) is 0.582. The first-order valence-electron chi connectivity index (χ1n) is 10.3. The molecule has 0 unspecified atom stereocenters. The van der Waals surface area contributed by atoms with E-state index in [1.807, 2.05) is 30.3 Å². The molecule has 2 aliphatic rings. The maximum atomic E-state index is 13.4. The number of H-pyrrole nitrogens is 1. The van der Waals surface area contributed by atoms with Gasteiger partial charge in [0.25, 0.3) is 5.56 Å². The summed E-state index contributed by atoms with van der Waals surface area (Å²) in [5.74, 6) is -0.375. The number of benzene rings is 2. The van der Waals surface area contributed by atoms with Gasteiger partial charge in [-0.3, -0.25) is 19.1 Å². The number of nitrogens with one attached hydrogen (secondary N) is 2. The summed E-state index contributed by atoms with van der Waals surface area (Å²) in [4.78, 5) is 41.7. The highest BCUT2D eigenvalue weighted by atomic mass is 35.5. The van der Waals surface area contributed by atoms with Gasteiger partial charge in [-0.25, -0.2) is 4.79 Å². The van der Waals surface area contributed by atoms with Crippen molar-refractivity contribution in [2.45, 2.75) is 18.9 Å². The molecule has 0 amide bonds. The van der Waals surface area contributed by atoms with Crippen LogP contribution in [0.15, 0.2) is 63.7 Å². The van der Waals surface area contributed by atoms with E-state index in [0.29, 0.717) is 52.8 Å². The molecule has 0 spiro atoms. The molecule has 32 heavy (non-hydrogen) atoms. The van der Waals surface area contributed by atoms with Crippen LogP contribution in [-0.4, -0.2) is 29.1 Å². The van der Waals surface area contributed by atoms with E-state index < -0.39 is 17.2 Å². The molecule has 1 aliphatic carbocycles. The van der Waals surface area contributed by atoms with Gasteiger partial charge < -0.3 is 10.1 Å². The Morgan fingerprint density at radius 1 is 1.03 bits per heavy atom. The lowest BCUT2D eigenvalue weighted by molar-refractivity contribution is 0.103. The molecule has 1 aromatic heterocycles. The summed E-state index contributed by atoms with van der Waals surface area (Å²) in [7, 11) is 1.60. The van der Waals surface area contributed by atoms with E-state index >= 15 is 0 Å². The van der Waals surface area contributed by atoms with Crippen LogP contribution in [0.2, 0.25) is 5.02 Å². The highest BCUT2D eigenvalue weighted by molar-refractivity contribution is 6.30. The van der Waals surface area contributed by atoms with E-state index in [-0.39, 0.29) is 5.78 Å². The number of aromatic amines is 1. The summed E-state index contributed by atoms with van der Waals surface area (Å²) < 4.78 is 6.64. The number of hydrogen-bond acceptors (Lipinski definition) is 5. The molecule has 2 N–H and O–H groups in total. The lowest BCUT2D eigenvalue weighted by Gasteiger charge is -2.29. The number of anilines is 1. The molecule has 2 aromatic carbocycles. The van der Waals surface area contributed by atoms with Crippen molar-refractivity contribution in [1.82, 2.24) is 9.55 Å². The van der Waals surface area contributed by atoms with Gasteiger partial charge in [-0.05, 0) is 24.1 Å². The number of carbonyl (C=O) groups is 1. The van der Waals surface area contributed by atoms with E-state index in [2.05, 4.69) is 10.3 Å². The van der Waals surface area contributed by atoms with Gasteiger partial charge in [0.15, 0.2) is 5.78 Å². The largest absolute Gasteiger partial charge is 0.385 e. The standard InChI is InChI=1S/C24H20ClN3O4/c1-32-12-4-11-28-22-19(23(30)27-24(28)31)17(13-7-9-14(25)10-8-13)18-20(26-22)15-5-2-3-6-16(15)21(18)29/h2-3,5-10,17,26H,4,11-12H2,1H3,(H,27,30,31)/t17-/m1/s1. The summed E-state index contributed by atoms with van der Waals surface area (Å²) >= 11 is 6.10. The molecule has 8 heteroatoms. The van der Waals surface area contributed by atoms with Crippen molar-refractivity contribution in [2.75, 3.05) is 19.0 Å². The second-order valence-electron chi connectivity index (χ2n) is 7.79. The third-order valence-electron chi connectivity index (χ3n) is 5.94. The summed E-state index contributed by atoms with van der Waals surface area (Å²) in [5, 5.41) is 3.82. The topological polar surface area (TPSA) is 93.2 Å². The van der Waals surface area contributed by atoms with Crippen LogP contribution in [0.1, 0.15) is 39.4 Å². The molecule has 1 atom stereocenters. The third kappa shape index (κ3) is 3.13. The molecular formula is C24H20ClN3O4. The van der Waals surface area contributed by atoms with Gasteiger partial charge in [-0.15, -0.1) is 0 Å². The van der Waals surface area contributed by atoms with Gasteiger partial charge in [-0.1, -0.05) is 48.0 Å². The van der Waals surface area contributed by atoms with Crippen molar-refractivity contribution in [3.05, 3.63) is 102 Å². The number of rotatable bonds is 5. The number of hydrogen-bond donors (Lipinski definition) is 2. The molecule has 162 valence electrons. The summed E-state index contributed by atoms with van der Waals surface area (Å²) in [6.45, 7) is 0.820. The molecule has 0 saturated heterocycles. The van der Waals surface area contributed by atoms with Gasteiger partial charge in [0.05, 0.1) is 11.3 Å². The second-order valence-corrected chi connectivity index (χ2v) is 8.23. The second kappa shape index (κ2) is 7.93. The van der Waals surface area contributed by atoms with Crippen LogP contribution < -0.4 is 16.6 Å². The fourth-order valence-corrected chi connectivity index (χ4v) is 4.66. The Kier molecular flexibility index (Phi) is 5.07. The van der Waals surface area contributed by atoms with E-state index in [1.165, 1.54) is 4.57 Å². The van der Waals surface area contributed by atoms with Crippen LogP contribution in [0, 0.1) is 0 Å². The lowest BCUT2D eigenvalue weighted by atomic mass is 9.81. The zero-order chi connectivity index (χ0) is 22.4. The molecule has 0 fully saturated rings. The highest BCUT2D eigenvalue weighted by Gasteiger charge is 2.42. The SMILES string of the molecule is COCCCn1c2c(c(=O)[nH]c1=O)[C@H](c1ccc(Cl)cc1)C1=C(N2)c2ccccc2C1=O. The number of allylic oxidation sites excluding steroid dienone is 1. The highest BCUT2D eigenvalue weighted by Crippen LogP contribution is 2.47. The van der Waals surface area contributed by atoms with Gasteiger partial charge >= 0.3 is 5.69 Å². The smallest absolute Gasteiger partial charge is 0.329 e. The Morgan fingerprint density at radius 2 is 1.75 bits per heavy atom. The third-order valence-corrected chi connectivity index (χ3v) is 6.20. The number of Topliss-reactive ketones (excluding diaryl/α,β-unsaturated/α-hetero) is 1. The van der Waals surface area contributed by atoms with Gasteiger partial charge in [0.2, 0.25) is 0 Å². The number of nitrogens with zero attached hydrogens (tertiary/aromatic N) is 1. The van der Waals surface area contributed by atoms with Gasteiger partial charge in [0.1, 0.15) is 5.82 Å². The number of fused-ring (bicyclic) bond motifs is 3. The van der Waals surface area contributed by atoms with Crippen molar-refractivity contribution < 1.29 is 9.53 Å². The number of ketones is 1. The summed E-state index contributed by atoms with van der Waals surface area (Å²) in [6, 6.07) is 14.4. The molecule has 0 saturated carbocycles. The van der Waals surface area contributed by atoms with Crippen LogP contribution >= 0.6 is 11.6 Å². The maximum absolute atomic E-state index is 13.4. The average molecular weight is 450 g/mol. The minimum Gasteiger partial charge on any atom is -0.385 e. The van der Waals surface area contributed by atoms with Gasteiger partial charge in [0, 0.05) is 47.9 Å². The van der Waals surface area contributed by atoms with Crippen LogP contribution in [0.5, 0.6) is 0 Å². The van der Waals surface area contributed by atoms with Crippen molar-refractivity contribution in [3.8, 4) is 0 Å². The van der Waals surface area contributed by atoms with Crippen molar-refractivity contribution in [2.24, 2.45) is 0 Å². The number of carbonyl (C=O) groups excluding carboxylic acids is 1. The Morgan fingerprint density at radius 3 is 2.47 bits per heavy atom. The van der Waals surface area contributed by atoms with Crippen LogP contribution in [0.4, 0.5) is 5.82 Å². The van der Waals surface area contributed by atoms with E-state index in [1.54, 1.807) is 25.3 Å². The van der Waals surface area contributed by atoms with Gasteiger partial charge in [-0.2, -0.15) is 0 Å². The minimum absolute atomic E-state index is 0.134. The Balaban J connectivity index is 1.78. The summed E-state index contributed by atoms with van der Waals surface area (Å²) in [5.41, 5.74) is 2.51. The predicted octanol–water partition coefficient (Wildman–Crippen LogP) is 3.39. The molecule has 2 heterocycles. The molecule has 5 rings (SSSR count). The molecule has 1 aliphatic heterocycles. The lowest BCUT2D eigenvalue weighted by Crippen LogP contribution is -2.38. The first kappa shape index (κ1) is 20.5. The number of aromatic nitrogens is 2. The van der Waals surface area contributed by atoms with E-state index in [4.69, 9.17) is 16.3 Å². The van der Waals surface area contributed by atoms with Crippen molar-refractivity contribution in [1.29, 1.82) is 0 Å². The first-order chi connectivity index (χ1) is 15.5. The van der Waals surface area contributed by atoms with Crippen LogP contribution in [0.25, 0.3) is 5.70 Å². The molecule has 7 nitrogen and oxygen atoms in total. The Labute approximate surface area is 188 Å². The van der Waals surface area contributed by atoms with E-state index in [0.717, 1.165) is 11.1 Å². The predicted molar refractivity (Wildman–Crippen MR) is 122 cm³/mol. The van der Waals surface area contributed by atoms with E-state index in [9.17, 15) is 14.4 Å². The Hall–Kier alpha value is -3.42. The van der Waals surface area contributed by atoms with Crippen LogP contribution in [0.3, 0.4) is 0 Å². The first-order valence-corrected chi connectivity index (χ1v) is 10.7. The Bertz CT molecular complexity index is 1390. The van der Waals surface area contributed by atoms with Crippen LogP contribution in [-0.2, 0) is 11.3 Å². The average Bonchev–Trinajstić information content (AvgIpc) is 3.07. The fraction of sp³-hybridized carbons (Fsp3) is 0.208. The fourth-order valence-electron chi connectivity index (χ4n) is 4.53.